The number of carboxylic acid groups (broad SMARTS) is 1. The number of fused-ring (bicyclic) bond motifs is 1. The molecule has 20 heavy (non-hydrogen) atoms. The van der Waals surface area contributed by atoms with E-state index in [1.807, 2.05) is 37.8 Å². The molecule has 1 aromatic heterocycles. The van der Waals surface area contributed by atoms with E-state index in [1.54, 1.807) is 6.20 Å². The van der Waals surface area contributed by atoms with E-state index in [-0.39, 0.29) is 12.6 Å². The smallest absolute Gasteiger partial charge is 0.317 e. The van der Waals surface area contributed by atoms with E-state index < -0.39 is 5.97 Å². The zero-order chi connectivity index (χ0) is 14.7. The number of aryl methyl sites for hydroxylation is 1. The molecule has 1 heterocycles. The molecule has 0 atom stereocenters. The summed E-state index contributed by atoms with van der Waals surface area (Å²) in [6.07, 6.45) is 1.79. The van der Waals surface area contributed by atoms with Crippen LogP contribution in [0.2, 0.25) is 0 Å². The molecular formula is C16H20N2O2. The summed E-state index contributed by atoms with van der Waals surface area (Å²) < 4.78 is 0. The maximum atomic E-state index is 10.9. The van der Waals surface area contributed by atoms with Gasteiger partial charge in [0.05, 0.1) is 12.1 Å². The van der Waals surface area contributed by atoms with E-state index in [1.165, 1.54) is 0 Å². The molecule has 0 aliphatic carbocycles. The Bertz CT molecular complexity index is 623. The van der Waals surface area contributed by atoms with Crippen LogP contribution in [0.15, 0.2) is 30.5 Å². The van der Waals surface area contributed by atoms with Gasteiger partial charge in [-0.25, -0.2) is 0 Å². The third kappa shape index (κ3) is 3.33. The number of hydrogen-bond donors (Lipinski definition) is 1. The Morgan fingerprint density at radius 2 is 2.15 bits per heavy atom. The summed E-state index contributed by atoms with van der Waals surface area (Å²) in [5.74, 6) is -0.794. The van der Waals surface area contributed by atoms with Gasteiger partial charge in [0, 0.05) is 24.2 Å². The third-order valence-electron chi connectivity index (χ3n) is 3.41. The fourth-order valence-corrected chi connectivity index (χ4v) is 2.37. The summed E-state index contributed by atoms with van der Waals surface area (Å²) in [4.78, 5) is 17.3. The van der Waals surface area contributed by atoms with Crippen molar-refractivity contribution >= 4 is 16.9 Å². The summed E-state index contributed by atoms with van der Waals surface area (Å²) in [7, 11) is 0. The normalized spacial score (nSPS) is 11.4. The van der Waals surface area contributed by atoms with Crippen LogP contribution in [0.3, 0.4) is 0 Å². The minimum absolute atomic E-state index is 0.0573. The molecule has 4 nitrogen and oxygen atoms in total. The van der Waals surface area contributed by atoms with E-state index in [4.69, 9.17) is 5.11 Å². The molecule has 0 spiro atoms. The second-order valence-electron chi connectivity index (χ2n) is 5.38. The van der Waals surface area contributed by atoms with Crippen molar-refractivity contribution in [2.24, 2.45) is 0 Å². The number of benzene rings is 1. The predicted octanol–water partition coefficient (Wildman–Crippen LogP) is 2.84. The second kappa shape index (κ2) is 6.01. The number of pyridine rings is 1. The van der Waals surface area contributed by atoms with Crippen LogP contribution in [0.5, 0.6) is 0 Å². The Balaban J connectivity index is 2.30. The van der Waals surface area contributed by atoms with Crippen molar-refractivity contribution in [2.75, 3.05) is 6.54 Å². The number of carbonyl (C=O) groups is 1. The maximum absolute atomic E-state index is 10.9. The molecule has 0 saturated heterocycles. The van der Waals surface area contributed by atoms with Crippen molar-refractivity contribution in [3.8, 4) is 0 Å². The zero-order valence-electron chi connectivity index (χ0n) is 12.1. The monoisotopic (exact) mass is 272 g/mol. The van der Waals surface area contributed by atoms with Crippen molar-refractivity contribution in [2.45, 2.75) is 33.4 Å². The van der Waals surface area contributed by atoms with Gasteiger partial charge in [-0.05, 0) is 44.0 Å². The van der Waals surface area contributed by atoms with Gasteiger partial charge in [0.15, 0.2) is 0 Å². The molecule has 0 bridgehead atoms. The maximum Gasteiger partial charge on any atom is 0.317 e. The molecular weight excluding hydrogens is 252 g/mol. The zero-order valence-corrected chi connectivity index (χ0v) is 12.1. The molecule has 0 unspecified atom stereocenters. The molecule has 0 saturated carbocycles. The lowest BCUT2D eigenvalue weighted by molar-refractivity contribution is -0.138. The van der Waals surface area contributed by atoms with Gasteiger partial charge in [0.1, 0.15) is 0 Å². The van der Waals surface area contributed by atoms with Gasteiger partial charge in [0.2, 0.25) is 0 Å². The van der Waals surface area contributed by atoms with Crippen LogP contribution in [0.1, 0.15) is 25.0 Å². The molecule has 0 aliphatic rings. The van der Waals surface area contributed by atoms with Crippen LogP contribution in [-0.4, -0.2) is 33.5 Å². The highest BCUT2D eigenvalue weighted by molar-refractivity contribution is 5.82. The molecule has 0 radical (unpaired) electrons. The number of aliphatic carboxylic acids is 1. The predicted molar refractivity (Wildman–Crippen MR) is 79.7 cm³/mol. The Morgan fingerprint density at radius 3 is 2.80 bits per heavy atom. The lowest BCUT2D eigenvalue weighted by Crippen LogP contribution is -2.35. The standard InChI is InChI=1S/C16H20N2O2/c1-11(2)18(10-15(19)20)9-13-7-12(3)16-14(8-13)5-4-6-17-16/h4-8,11H,9-10H2,1-3H3,(H,19,20). The van der Waals surface area contributed by atoms with Crippen LogP contribution in [0, 0.1) is 6.92 Å². The molecule has 2 aromatic rings. The first-order valence-electron chi connectivity index (χ1n) is 6.77. The van der Waals surface area contributed by atoms with Crippen LogP contribution in [0.25, 0.3) is 10.9 Å². The van der Waals surface area contributed by atoms with Crippen molar-refractivity contribution in [3.05, 3.63) is 41.6 Å². The van der Waals surface area contributed by atoms with Gasteiger partial charge >= 0.3 is 5.97 Å². The fourth-order valence-electron chi connectivity index (χ4n) is 2.37. The number of rotatable bonds is 5. The number of aromatic nitrogens is 1. The lowest BCUT2D eigenvalue weighted by atomic mass is 10.1. The average molecular weight is 272 g/mol. The molecule has 106 valence electrons. The Labute approximate surface area is 119 Å². The van der Waals surface area contributed by atoms with Gasteiger partial charge in [-0.1, -0.05) is 12.1 Å². The third-order valence-corrected chi connectivity index (χ3v) is 3.41. The van der Waals surface area contributed by atoms with E-state index in [0.29, 0.717) is 6.54 Å². The topological polar surface area (TPSA) is 53.4 Å². The Kier molecular flexibility index (Phi) is 4.35. The molecule has 1 aromatic carbocycles. The summed E-state index contributed by atoms with van der Waals surface area (Å²) in [5.41, 5.74) is 3.25. The highest BCUT2D eigenvalue weighted by Crippen LogP contribution is 2.20. The first-order chi connectivity index (χ1) is 9.47. The Hall–Kier alpha value is -1.94. The van der Waals surface area contributed by atoms with Gasteiger partial charge in [-0.15, -0.1) is 0 Å². The largest absolute Gasteiger partial charge is 0.480 e. The fraction of sp³-hybridized carbons (Fsp3) is 0.375. The van der Waals surface area contributed by atoms with Gasteiger partial charge in [-0.2, -0.15) is 0 Å². The van der Waals surface area contributed by atoms with Crippen molar-refractivity contribution in [1.29, 1.82) is 0 Å². The number of carboxylic acids is 1. The van der Waals surface area contributed by atoms with E-state index >= 15 is 0 Å². The van der Waals surface area contributed by atoms with Crippen LogP contribution >= 0.6 is 0 Å². The minimum atomic E-state index is -0.794. The molecule has 2 rings (SSSR count). The van der Waals surface area contributed by atoms with Crippen LogP contribution in [-0.2, 0) is 11.3 Å². The molecule has 0 fully saturated rings. The second-order valence-corrected chi connectivity index (χ2v) is 5.38. The first-order valence-corrected chi connectivity index (χ1v) is 6.77. The molecule has 0 aliphatic heterocycles. The summed E-state index contributed by atoms with van der Waals surface area (Å²) in [6, 6.07) is 8.33. The average Bonchev–Trinajstić information content (AvgIpc) is 2.37. The summed E-state index contributed by atoms with van der Waals surface area (Å²) in [6.45, 7) is 6.75. The highest BCUT2D eigenvalue weighted by Gasteiger charge is 2.14. The first kappa shape index (κ1) is 14.5. The minimum Gasteiger partial charge on any atom is -0.480 e. The van der Waals surface area contributed by atoms with Crippen molar-refractivity contribution in [1.82, 2.24) is 9.88 Å². The van der Waals surface area contributed by atoms with E-state index in [9.17, 15) is 4.79 Å². The van der Waals surface area contributed by atoms with Crippen molar-refractivity contribution < 1.29 is 9.90 Å². The van der Waals surface area contributed by atoms with Crippen LogP contribution in [0.4, 0.5) is 0 Å². The molecule has 1 N–H and O–H groups in total. The van der Waals surface area contributed by atoms with Gasteiger partial charge in [-0.3, -0.25) is 14.7 Å². The number of hydrogen-bond acceptors (Lipinski definition) is 3. The highest BCUT2D eigenvalue weighted by atomic mass is 16.4. The van der Waals surface area contributed by atoms with Gasteiger partial charge < -0.3 is 5.11 Å². The van der Waals surface area contributed by atoms with Crippen LogP contribution < -0.4 is 0 Å². The summed E-state index contributed by atoms with van der Waals surface area (Å²) in [5, 5.41) is 10.1. The number of nitrogens with zero attached hydrogens (tertiary/aromatic N) is 2. The Morgan fingerprint density at radius 1 is 1.40 bits per heavy atom. The van der Waals surface area contributed by atoms with E-state index in [0.717, 1.165) is 22.0 Å². The molecule has 0 amide bonds. The lowest BCUT2D eigenvalue weighted by Gasteiger charge is -2.24. The van der Waals surface area contributed by atoms with Crippen molar-refractivity contribution in [3.63, 3.8) is 0 Å². The van der Waals surface area contributed by atoms with Gasteiger partial charge in [0.25, 0.3) is 0 Å². The molecule has 4 heteroatoms. The quantitative estimate of drug-likeness (QED) is 0.909. The summed E-state index contributed by atoms with van der Waals surface area (Å²) >= 11 is 0. The SMILES string of the molecule is Cc1cc(CN(CC(=O)O)C(C)C)cc2cccnc12. The van der Waals surface area contributed by atoms with E-state index in [2.05, 4.69) is 17.1 Å².